The van der Waals surface area contributed by atoms with Crippen molar-refractivity contribution in [1.29, 1.82) is 0 Å². The molecule has 0 saturated heterocycles. The van der Waals surface area contributed by atoms with Gasteiger partial charge in [0.15, 0.2) is 0 Å². The van der Waals surface area contributed by atoms with Gasteiger partial charge in [-0.2, -0.15) is 0 Å². The van der Waals surface area contributed by atoms with Crippen molar-refractivity contribution in [2.24, 2.45) is 0 Å². The van der Waals surface area contributed by atoms with E-state index in [1.54, 1.807) is 0 Å². The minimum absolute atomic E-state index is 0.671. The molecule has 0 aliphatic heterocycles. The van der Waals surface area contributed by atoms with E-state index in [9.17, 15) is 0 Å². The van der Waals surface area contributed by atoms with E-state index in [2.05, 4.69) is 164 Å². The monoisotopic (exact) mass is 757 g/mol. The van der Waals surface area contributed by atoms with Gasteiger partial charge in [-0.25, -0.2) is 9.97 Å². The smallest absolute Gasteiger partial charge is 0.133 e. The molecule has 8 aromatic rings. The third-order valence-electron chi connectivity index (χ3n) is 9.53. The van der Waals surface area contributed by atoms with Gasteiger partial charge in [-0.3, -0.25) is 0 Å². The first-order valence-corrected chi connectivity index (χ1v) is 18.0. The van der Waals surface area contributed by atoms with Crippen LogP contribution < -0.4 is 5.73 Å². The molecule has 8 rings (SSSR count). The Morgan fingerprint density at radius 1 is 0.560 bits per heavy atom. The van der Waals surface area contributed by atoms with Gasteiger partial charge in [0, 0.05) is 27.4 Å². The summed E-state index contributed by atoms with van der Waals surface area (Å²) in [6, 6.07) is 48.2. The Balaban J connectivity index is 1.11. The summed E-state index contributed by atoms with van der Waals surface area (Å²) in [6.45, 7) is 6.49. The van der Waals surface area contributed by atoms with Crippen molar-refractivity contribution in [3.05, 3.63) is 171 Å². The molecule has 0 fully saturated rings. The maximum atomic E-state index is 6.00. The number of anilines is 1. The quantitative estimate of drug-likeness (QED) is 0.136. The molecule has 7 aromatic carbocycles. The van der Waals surface area contributed by atoms with E-state index in [1.807, 2.05) is 24.4 Å². The highest BCUT2D eigenvalue weighted by Crippen LogP contribution is 2.37. The average Bonchev–Trinajstić information content (AvgIpc) is 3.11. The van der Waals surface area contributed by atoms with Gasteiger partial charge in [0.2, 0.25) is 0 Å². The number of nitrogens with two attached hydrogens (primary N) is 1. The molecule has 0 aliphatic rings. The van der Waals surface area contributed by atoms with Crippen LogP contribution in [0.5, 0.6) is 0 Å². The predicted octanol–water partition coefficient (Wildman–Crippen LogP) is 12.2. The maximum absolute atomic E-state index is 6.00. The van der Waals surface area contributed by atoms with E-state index in [1.165, 1.54) is 75.4 Å². The number of aromatic nitrogens is 2. The molecule has 0 unspecified atom stereocenters. The van der Waals surface area contributed by atoms with Crippen LogP contribution in [0.1, 0.15) is 28.1 Å². The van der Waals surface area contributed by atoms with E-state index in [4.69, 9.17) is 10.7 Å². The molecule has 0 saturated carbocycles. The summed E-state index contributed by atoms with van der Waals surface area (Å²) >= 11 is 2.47. The first-order valence-electron chi connectivity index (χ1n) is 16.9. The highest BCUT2D eigenvalue weighted by molar-refractivity contribution is 14.1. The maximum Gasteiger partial charge on any atom is 0.133 e. The van der Waals surface area contributed by atoms with Gasteiger partial charge < -0.3 is 5.73 Å². The second-order valence-corrected chi connectivity index (χ2v) is 14.5. The second-order valence-electron chi connectivity index (χ2n) is 13.3. The number of nitrogen functional groups attached to an aromatic ring is 1. The lowest BCUT2D eigenvalue weighted by Gasteiger charge is -2.14. The fourth-order valence-corrected chi connectivity index (χ4v) is 7.72. The van der Waals surface area contributed by atoms with Crippen LogP contribution in [0.25, 0.3) is 66.2 Å². The van der Waals surface area contributed by atoms with Crippen LogP contribution in [0, 0.1) is 24.3 Å². The Kier molecular flexibility index (Phi) is 8.41. The number of aryl methyl sites for hydroxylation is 3. The van der Waals surface area contributed by atoms with E-state index in [-0.39, 0.29) is 0 Å². The highest BCUT2D eigenvalue weighted by atomic mass is 127. The van der Waals surface area contributed by atoms with Crippen molar-refractivity contribution in [3.8, 4) is 44.6 Å². The zero-order valence-electron chi connectivity index (χ0n) is 28.3. The summed E-state index contributed by atoms with van der Waals surface area (Å²) in [4.78, 5) is 9.58. The van der Waals surface area contributed by atoms with Crippen LogP contribution in [0.2, 0.25) is 0 Å². The van der Waals surface area contributed by atoms with Crippen LogP contribution in [-0.4, -0.2) is 9.97 Å². The lowest BCUT2D eigenvalue weighted by molar-refractivity contribution is 0.971. The summed E-state index contributed by atoms with van der Waals surface area (Å²) in [5, 5.41) is 4.86. The van der Waals surface area contributed by atoms with Crippen LogP contribution in [0.4, 0.5) is 5.69 Å². The van der Waals surface area contributed by atoms with Gasteiger partial charge in [-0.05, 0) is 152 Å². The molecular formula is C46H36IN3. The van der Waals surface area contributed by atoms with E-state index < -0.39 is 0 Å². The fourth-order valence-electron chi connectivity index (χ4n) is 7.09. The molecule has 242 valence electrons. The molecule has 1 heterocycles. The lowest BCUT2D eigenvalue weighted by atomic mass is 9.91. The van der Waals surface area contributed by atoms with Gasteiger partial charge in [0.25, 0.3) is 0 Å². The Morgan fingerprint density at radius 3 is 2.18 bits per heavy atom. The summed E-state index contributed by atoms with van der Waals surface area (Å²) in [7, 11) is 0. The van der Waals surface area contributed by atoms with E-state index >= 15 is 0 Å². The minimum Gasteiger partial charge on any atom is -0.399 e. The normalized spacial score (nSPS) is 11.4. The number of fused-ring (bicyclic) bond motifs is 2. The van der Waals surface area contributed by atoms with Crippen molar-refractivity contribution in [1.82, 2.24) is 9.97 Å². The summed E-state index contributed by atoms with van der Waals surface area (Å²) in [5.41, 5.74) is 21.1. The van der Waals surface area contributed by atoms with Gasteiger partial charge in [-0.1, -0.05) is 102 Å². The standard InChI is InChI=1S/C46H36IN3/c1-28-5-4-6-37(20-28)45-17-18-49-46(50-45)24-31-19-29(2)21-38(23-31)41-15-16-44(47)43-27-36(11-14-42(41)43)40-13-10-32(22-30(40)3)33-7-8-35-26-39(48)12-9-34(35)25-33/h4-23,25-27H,24,48H2,1-3H3. The third kappa shape index (κ3) is 6.39. The Labute approximate surface area is 307 Å². The van der Waals surface area contributed by atoms with E-state index in [0.717, 1.165) is 28.2 Å². The summed E-state index contributed by atoms with van der Waals surface area (Å²) in [6.07, 6.45) is 2.54. The molecule has 1 aromatic heterocycles. The van der Waals surface area contributed by atoms with Gasteiger partial charge >= 0.3 is 0 Å². The Bertz CT molecular complexity index is 2590. The lowest BCUT2D eigenvalue weighted by Crippen LogP contribution is -1.99. The Morgan fingerprint density at radius 2 is 1.32 bits per heavy atom. The molecule has 0 radical (unpaired) electrons. The molecule has 0 spiro atoms. The number of benzene rings is 7. The molecular weight excluding hydrogens is 721 g/mol. The average molecular weight is 758 g/mol. The molecule has 0 aliphatic carbocycles. The topological polar surface area (TPSA) is 51.8 Å². The van der Waals surface area contributed by atoms with Gasteiger partial charge in [0.05, 0.1) is 5.69 Å². The van der Waals surface area contributed by atoms with Crippen LogP contribution in [-0.2, 0) is 6.42 Å². The fraction of sp³-hybridized carbons (Fsp3) is 0.0870. The number of nitrogens with zero attached hydrogens (tertiary/aromatic N) is 2. The molecule has 50 heavy (non-hydrogen) atoms. The molecule has 0 atom stereocenters. The minimum atomic E-state index is 0.671. The van der Waals surface area contributed by atoms with E-state index in [0.29, 0.717) is 6.42 Å². The molecule has 0 bridgehead atoms. The SMILES string of the molecule is Cc1cccc(-c2ccnc(Cc3cc(C)cc(-c4ccc(I)c5cc(-c6ccc(-c7ccc8cc(N)ccc8c7)cc6C)ccc45)c3)n2)c1. The van der Waals surface area contributed by atoms with Crippen molar-refractivity contribution in [3.63, 3.8) is 0 Å². The largest absolute Gasteiger partial charge is 0.399 e. The van der Waals surface area contributed by atoms with Crippen molar-refractivity contribution in [2.75, 3.05) is 5.73 Å². The van der Waals surface area contributed by atoms with Crippen molar-refractivity contribution in [2.45, 2.75) is 27.2 Å². The first-order chi connectivity index (χ1) is 24.3. The van der Waals surface area contributed by atoms with Crippen LogP contribution in [0.3, 0.4) is 0 Å². The highest BCUT2D eigenvalue weighted by Gasteiger charge is 2.13. The molecule has 0 amide bonds. The first kappa shape index (κ1) is 31.9. The molecule has 3 nitrogen and oxygen atoms in total. The number of halogens is 1. The Hall–Kier alpha value is -5.33. The van der Waals surface area contributed by atoms with Crippen molar-refractivity contribution < 1.29 is 0 Å². The number of hydrogen-bond donors (Lipinski definition) is 1. The summed E-state index contributed by atoms with van der Waals surface area (Å²) in [5.74, 6) is 0.824. The third-order valence-corrected chi connectivity index (χ3v) is 10.5. The molecule has 4 heteroatoms. The zero-order chi connectivity index (χ0) is 34.4. The number of hydrogen-bond acceptors (Lipinski definition) is 3. The molecule has 2 N–H and O–H groups in total. The second kappa shape index (κ2) is 13.2. The van der Waals surface area contributed by atoms with Gasteiger partial charge in [0.1, 0.15) is 5.82 Å². The van der Waals surface area contributed by atoms with Crippen LogP contribution in [0.15, 0.2) is 140 Å². The zero-order valence-corrected chi connectivity index (χ0v) is 30.5. The predicted molar refractivity (Wildman–Crippen MR) is 219 cm³/mol. The van der Waals surface area contributed by atoms with Gasteiger partial charge in [-0.15, -0.1) is 0 Å². The summed E-state index contributed by atoms with van der Waals surface area (Å²) < 4.78 is 1.24. The van der Waals surface area contributed by atoms with Crippen molar-refractivity contribution >= 4 is 49.8 Å². The van der Waals surface area contributed by atoms with Crippen LogP contribution >= 0.6 is 22.6 Å². The number of rotatable bonds is 6.